The first-order valence-electron chi connectivity index (χ1n) is 10.1. The number of β-amino-alcohol motifs (C(OH)–C–C–N with tert-alkyl or cyclic N) is 1. The molecule has 0 spiro atoms. The van der Waals surface area contributed by atoms with Crippen LogP contribution in [0, 0.1) is 17.8 Å². The highest BCUT2D eigenvalue weighted by molar-refractivity contribution is 5.03. The topological polar surface area (TPSA) is 32.7 Å². The Bertz CT molecular complexity index is 379. The fraction of sp³-hybridized carbons (Fsp3) is 1.00. The smallest absolute Gasteiger partial charge is 0.0900 e. The minimum atomic E-state index is -0.328. The van der Waals surface area contributed by atoms with Crippen LogP contribution in [0.2, 0.25) is 0 Å². The average molecular weight is 322 g/mol. The number of aliphatic hydroxyl groups excluding tert-OH is 1. The van der Waals surface area contributed by atoms with Gasteiger partial charge in [-0.2, -0.15) is 0 Å². The Morgan fingerprint density at radius 3 is 2.04 bits per heavy atom. The maximum absolute atomic E-state index is 10.6. The third-order valence-corrected chi connectivity index (χ3v) is 7.36. The van der Waals surface area contributed by atoms with Gasteiger partial charge in [0, 0.05) is 18.6 Å². The minimum absolute atomic E-state index is 0.134. The summed E-state index contributed by atoms with van der Waals surface area (Å²) in [5.41, 5.74) is 0.134. The molecule has 0 aromatic rings. The van der Waals surface area contributed by atoms with Crippen molar-refractivity contribution in [2.75, 3.05) is 13.2 Å². The van der Waals surface area contributed by atoms with Crippen LogP contribution in [0.5, 0.6) is 0 Å². The van der Waals surface area contributed by atoms with Gasteiger partial charge in [0.05, 0.1) is 18.3 Å². The molecule has 1 N–H and O–H groups in total. The van der Waals surface area contributed by atoms with Gasteiger partial charge in [0.25, 0.3) is 0 Å². The Hall–Kier alpha value is -0.120. The molecule has 0 amide bonds. The largest absolute Gasteiger partial charge is 0.389 e. The van der Waals surface area contributed by atoms with Gasteiger partial charge in [0.15, 0.2) is 0 Å². The predicted octanol–water partition coefficient (Wildman–Crippen LogP) is 3.60. The van der Waals surface area contributed by atoms with Crippen molar-refractivity contribution in [3.05, 3.63) is 0 Å². The summed E-state index contributed by atoms with van der Waals surface area (Å²) in [5, 5.41) is 10.6. The first kappa shape index (κ1) is 16.4. The summed E-state index contributed by atoms with van der Waals surface area (Å²) >= 11 is 0. The second kappa shape index (κ2) is 6.31. The highest BCUT2D eigenvalue weighted by atomic mass is 16.5. The number of nitrogens with zero attached hydrogens (tertiary/aromatic N) is 1. The van der Waals surface area contributed by atoms with Gasteiger partial charge in [-0.15, -0.1) is 0 Å². The lowest BCUT2D eigenvalue weighted by molar-refractivity contribution is -0.177. The lowest BCUT2D eigenvalue weighted by atomic mass is 9.54. The van der Waals surface area contributed by atoms with E-state index in [4.69, 9.17) is 4.74 Å². The quantitative estimate of drug-likeness (QED) is 0.840. The molecule has 23 heavy (non-hydrogen) atoms. The van der Waals surface area contributed by atoms with Gasteiger partial charge in [0.1, 0.15) is 0 Å². The molecular weight excluding hydrogens is 286 g/mol. The van der Waals surface area contributed by atoms with Crippen molar-refractivity contribution >= 4 is 0 Å². The molecule has 1 aliphatic heterocycles. The lowest BCUT2D eigenvalue weighted by Gasteiger charge is -2.56. The minimum Gasteiger partial charge on any atom is -0.389 e. The van der Waals surface area contributed by atoms with Crippen molar-refractivity contribution in [2.45, 2.75) is 95.4 Å². The number of hydrogen-bond donors (Lipinski definition) is 1. The van der Waals surface area contributed by atoms with Crippen LogP contribution in [-0.2, 0) is 4.74 Å². The maximum atomic E-state index is 10.6. The van der Waals surface area contributed by atoms with E-state index in [0.29, 0.717) is 18.7 Å². The van der Waals surface area contributed by atoms with Crippen LogP contribution in [0.3, 0.4) is 0 Å². The van der Waals surface area contributed by atoms with Gasteiger partial charge >= 0.3 is 0 Å². The molecule has 0 aromatic carbocycles. The Morgan fingerprint density at radius 2 is 1.52 bits per heavy atom. The van der Waals surface area contributed by atoms with Crippen LogP contribution in [-0.4, -0.2) is 46.9 Å². The van der Waals surface area contributed by atoms with Crippen molar-refractivity contribution in [1.82, 2.24) is 4.90 Å². The van der Waals surface area contributed by atoms with Crippen LogP contribution >= 0.6 is 0 Å². The molecule has 4 saturated carbocycles. The molecule has 5 aliphatic rings. The van der Waals surface area contributed by atoms with E-state index in [0.717, 1.165) is 24.3 Å². The molecule has 0 radical (unpaired) electrons. The normalized spacial score (nSPS) is 47.9. The average Bonchev–Trinajstić information content (AvgIpc) is 2.48. The van der Waals surface area contributed by atoms with Crippen molar-refractivity contribution in [3.8, 4) is 0 Å². The third kappa shape index (κ3) is 3.34. The first-order valence-corrected chi connectivity index (χ1v) is 10.1. The number of piperidine rings is 1. The van der Waals surface area contributed by atoms with Crippen molar-refractivity contribution in [3.63, 3.8) is 0 Å². The summed E-state index contributed by atoms with van der Waals surface area (Å²) in [5.74, 6) is 2.75. The van der Waals surface area contributed by atoms with E-state index in [1.165, 1.54) is 57.8 Å². The summed E-state index contributed by atoms with van der Waals surface area (Å²) < 4.78 is 6.44. The fourth-order valence-electron chi connectivity index (χ4n) is 6.61. The second-order valence-electron chi connectivity index (χ2n) is 9.39. The zero-order valence-electron chi connectivity index (χ0n) is 15.0. The van der Waals surface area contributed by atoms with Crippen LogP contribution in [0.1, 0.15) is 71.6 Å². The van der Waals surface area contributed by atoms with Gasteiger partial charge in [-0.3, -0.25) is 4.90 Å². The number of rotatable bonds is 5. The Morgan fingerprint density at radius 1 is 1.00 bits per heavy atom. The number of hydrogen-bond acceptors (Lipinski definition) is 3. The molecule has 0 aromatic heterocycles. The monoisotopic (exact) mass is 321 g/mol. The summed E-state index contributed by atoms with van der Waals surface area (Å²) in [6.45, 7) is 5.95. The van der Waals surface area contributed by atoms with Crippen molar-refractivity contribution in [2.24, 2.45) is 17.8 Å². The summed E-state index contributed by atoms with van der Waals surface area (Å²) in [7, 11) is 0. The highest BCUT2D eigenvalue weighted by Gasteiger charge is 2.51. The molecule has 3 atom stereocenters. The van der Waals surface area contributed by atoms with Crippen molar-refractivity contribution in [1.29, 1.82) is 0 Å². The molecule has 4 aliphatic carbocycles. The molecule has 4 bridgehead atoms. The highest BCUT2D eigenvalue weighted by Crippen LogP contribution is 2.57. The van der Waals surface area contributed by atoms with Crippen LogP contribution in [0.4, 0.5) is 0 Å². The predicted molar refractivity (Wildman–Crippen MR) is 92.3 cm³/mol. The SMILES string of the molecule is C[C@@H]1CCC[C@@H](C)N1C[C@H](O)COC12CC3CC(CC(C3)C1)C2. The molecule has 3 heteroatoms. The second-order valence-corrected chi connectivity index (χ2v) is 9.39. The Balaban J connectivity index is 1.30. The molecule has 5 rings (SSSR count). The molecule has 0 unspecified atom stereocenters. The Labute approximate surface area is 141 Å². The van der Waals surface area contributed by atoms with E-state index in [2.05, 4.69) is 18.7 Å². The molecule has 1 saturated heterocycles. The maximum Gasteiger partial charge on any atom is 0.0900 e. The Kier molecular flexibility index (Phi) is 4.49. The molecular formula is C20H35NO2. The number of aliphatic hydroxyl groups is 1. The van der Waals surface area contributed by atoms with E-state index in [-0.39, 0.29) is 11.7 Å². The molecule has 1 heterocycles. The van der Waals surface area contributed by atoms with Crippen LogP contribution in [0.15, 0.2) is 0 Å². The summed E-state index contributed by atoms with van der Waals surface area (Å²) in [4.78, 5) is 2.50. The van der Waals surface area contributed by atoms with Crippen molar-refractivity contribution < 1.29 is 9.84 Å². The molecule has 3 nitrogen and oxygen atoms in total. The first-order chi connectivity index (χ1) is 11.0. The van der Waals surface area contributed by atoms with E-state index in [1.54, 1.807) is 0 Å². The van der Waals surface area contributed by atoms with Crippen LogP contribution in [0.25, 0.3) is 0 Å². The standard InChI is InChI=1S/C20H35NO2/c1-14-4-3-5-15(2)21(14)12-19(22)13-23-20-9-16-6-17(10-20)8-18(7-16)11-20/h14-19,22H,3-13H2,1-2H3/t14-,15-,16?,17?,18?,19+,20?/m1/s1. The molecule has 5 fully saturated rings. The van der Waals surface area contributed by atoms with Gasteiger partial charge in [-0.25, -0.2) is 0 Å². The van der Waals surface area contributed by atoms with Gasteiger partial charge in [0.2, 0.25) is 0 Å². The number of ether oxygens (including phenoxy) is 1. The molecule has 132 valence electrons. The zero-order valence-corrected chi connectivity index (χ0v) is 15.0. The van der Waals surface area contributed by atoms with Gasteiger partial charge < -0.3 is 9.84 Å². The van der Waals surface area contributed by atoms with E-state index >= 15 is 0 Å². The van der Waals surface area contributed by atoms with Gasteiger partial charge in [-0.1, -0.05) is 6.42 Å². The third-order valence-electron chi connectivity index (χ3n) is 7.36. The van der Waals surface area contributed by atoms with E-state index < -0.39 is 0 Å². The zero-order chi connectivity index (χ0) is 16.0. The summed E-state index contributed by atoms with van der Waals surface area (Å²) in [6.07, 6.45) is 11.7. The van der Waals surface area contributed by atoms with E-state index in [9.17, 15) is 5.11 Å². The number of likely N-dealkylation sites (tertiary alicyclic amines) is 1. The van der Waals surface area contributed by atoms with Gasteiger partial charge in [-0.05, 0) is 83.0 Å². The van der Waals surface area contributed by atoms with Crippen LogP contribution < -0.4 is 0 Å². The summed E-state index contributed by atoms with van der Waals surface area (Å²) in [6, 6.07) is 1.21. The fourth-order valence-corrected chi connectivity index (χ4v) is 6.61. The van der Waals surface area contributed by atoms with E-state index in [1.807, 2.05) is 0 Å². The lowest BCUT2D eigenvalue weighted by Crippen LogP contribution is -2.53.